The minimum absolute atomic E-state index is 0.0185. The fraction of sp³-hybridized carbons (Fsp3) is 1.00. The Bertz CT molecular complexity index is 158. The van der Waals surface area contributed by atoms with Gasteiger partial charge in [-0.15, -0.1) is 0 Å². The van der Waals surface area contributed by atoms with E-state index in [1.54, 1.807) is 0 Å². The number of rotatable bonds is 3. The van der Waals surface area contributed by atoms with Crippen LogP contribution in [0.2, 0.25) is 0 Å². The number of alkyl halides is 2. The summed E-state index contributed by atoms with van der Waals surface area (Å²) in [5.41, 5.74) is -1.92. The van der Waals surface area contributed by atoms with Crippen LogP contribution < -0.4 is 5.32 Å². The van der Waals surface area contributed by atoms with Crippen LogP contribution in [-0.2, 0) is 4.74 Å². The molecule has 0 radical (unpaired) electrons. The second-order valence-corrected chi connectivity index (χ2v) is 3.59. The molecule has 0 spiro atoms. The fourth-order valence-corrected chi connectivity index (χ4v) is 1.34. The minimum atomic E-state index is -2.71. The minimum Gasteiger partial charge on any atom is -0.384 e. The van der Waals surface area contributed by atoms with Crippen molar-refractivity contribution in [2.24, 2.45) is 0 Å². The first kappa shape index (κ1) is 10.8. The van der Waals surface area contributed by atoms with Gasteiger partial charge in [-0.25, -0.2) is 8.78 Å². The maximum atomic E-state index is 12.2. The van der Waals surface area contributed by atoms with E-state index in [0.717, 1.165) is 6.92 Å². The van der Waals surface area contributed by atoms with Crippen LogP contribution in [0.3, 0.4) is 0 Å². The molecule has 0 aromatic heterocycles. The molecular formula is C8H15F2NO2. The molecule has 1 fully saturated rings. The summed E-state index contributed by atoms with van der Waals surface area (Å²) >= 11 is 0. The standard InChI is InChI=1S/C8H15F2NO2/c1-8(12,7(9)10)4-6-5-13-3-2-11-6/h6-7,11-12H,2-5H2,1H3. The third kappa shape index (κ3) is 3.17. The van der Waals surface area contributed by atoms with Gasteiger partial charge in [0.2, 0.25) is 0 Å². The zero-order chi connectivity index (χ0) is 9.90. The molecule has 2 atom stereocenters. The predicted molar refractivity (Wildman–Crippen MR) is 43.9 cm³/mol. The van der Waals surface area contributed by atoms with Crippen molar-refractivity contribution in [3.05, 3.63) is 0 Å². The van der Waals surface area contributed by atoms with E-state index < -0.39 is 12.0 Å². The van der Waals surface area contributed by atoms with E-state index in [-0.39, 0.29) is 12.5 Å². The van der Waals surface area contributed by atoms with Crippen LogP contribution in [0, 0.1) is 0 Å². The van der Waals surface area contributed by atoms with Gasteiger partial charge >= 0.3 is 0 Å². The molecule has 2 unspecified atom stereocenters. The maximum Gasteiger partial charge on any atom is 0.266 e. The van der Waals surface area contributed by atoms with Gasteiger partial charge in [0.1, 0.15) is 5.60 Å². The third-order valence-electron chi connectivity index (χ3n) is 2.13. The lowest BCUT2D eigenvalue weighted by atomic mass is 9.97. The first-order valence-electron chi connectivity index (χ1n) is 4.34. The lowest BCUT2D eigenvalue weighted by Crippen LogP contribution is -2.48. The Morgan fingerprint density at radius 2 is 2.38 bits per heavy atom. The SMILES string of the molecule is CC(O)(CC1COCCN1)C(F)F. The molecule has 78 valence electrons. The molecule has 1 aliphatic rings. The van der Waals surface area contributed by atoms with Gasteiger partial charge in [-0.1, -0.05) is 0 Å². The van der Waals surface area contributed by atoms with E-state index in [1.165, 1.54) is 0 Å². The molecule has 1 aliphatic heterocycles. The second-order valence-electron chi connectivity index (χ2n) is 3.59. The summed E-state index contributed by atoms with van der Waals surface area (Å²) in [5, 5.41) is 12.3. The molecule has 2 N–H and O–H groups in total. The van der Waals surface area contributed by atoms with Crippen molar-refractivity contribution in [1.29, 1.82) is 0 Å². The molecule has 1 saturated heterocycles. The molecule has 1 rings (SSSR count). The summed E-state index contributed by atoms with van der Waals surface area (Å²) in [6, 6.07) is -0.169. The molecule has 0 amide bonds. The molecule has 0 saturated carbocycles. The highest BCUT2D eigenvalue weighted by atomic mass is 19.3. The average molecular weight is 195 g/mol. The average Bonchev–Trinajstić information content (AvgIpc) is 2.05. The van der Waals surface area contributed by atoms with Crippen molar-refractivity contribution >= 4 is 0 Å². The van der Waals surface area contributed by atoms with E-state index in [9.17, 15) is 13.9 Å². The van der Waals surface area contributed by atoms with Crippen molar-refractivity contribution in [2.45, 2.75) is 31.4 Å². The van der Waals surface area contributed by atoms with Crippen LogP contribution in [0.5, 0.6) is 0 Å². The monoisotopic (exact) mass is 195 g/mol. The Balaban J connectivity index is 2.37. The number of hydrogen-bond donors (Lipinski definition) is 2. The van der Waals surface area contributed by atoms with E-state index in [0.29, 0.717) is 19.8 Å². The van der Waals surface area contributed by atoms with Gasteiger partial charge in [0, 0.05) is 12.6 Å². The van der Waals surface area contributed by atoms with Crippen molar-refractivity contribution < 1.29 is 18.6 Å². The van der Waals surface area contributed by atoms with E-state index in [1.807, 2.05) is 0 Å². The molecule has 0 aliphatic carbocycles. The van der Waals surface area contributed by atoms with Gasteiger partial charge in [0.05, 0.1) is 13.2 Å². The molecular weight excluding hydrogens is 180 g/mol. The van der Waals surface area contributed by atoms with Crippen LogP contribution in [0.1, 0.15) is 13.3 Å². The number of ether oxygens (including phenoxy) is 1. The maximum absolute atomic E-state index is 12.2. The smallest absolute Gasteiger partial charge is 0.266 e. The predicted octanol–water partition coefficient (Wildman–Crippen LogP) is 0.381. The Morgan fingerprint density at radius 3 is 2.85 bits per heavy atom. The van der Waals surface area contributed by atoms with Crippen molar-refractivity contribution in [1.82, 2.24) is 5.32 Å². The van der Waals surface area contributed by atoms with Gasteiger partial charge in [0.25, 0.3) is 6.43 Å². The quantitative estimate of drug-likeness (QED) is 0.684. The fourth-order valence-electron chi connectivity index (χ4n) is 1.34. The topological polar surface area (TPSA) is 41.5 Å². The largest absolute Gasteiger partial charge is 0.384 e. The first-order chi connectivity index (χ1) is 6.02. The van der Waals surface area contributed by atoms with Gasteiger partial charge in [-0.3, -0.25) is 0 Å². The van der Waals surface area contributed by atoms with E-state index in [4.69, 9.17) is 4.74 Å². The first-order valence-corrected chi connectivity index (χ1v) is 4.34. The number of halogens is 2. The molecule has 1 heterocycles. The van der Waals surface area contributed by atoms with Crippen LogP contribution in [-0.4, -0.2) is 42.9 Å². The van der Waals surface area contributed by atoms with E-state index >= 15 is 0 Å². The van der Waals surface area contributed by atoms with Crippen LogP contribution >= 0.6 is 0 Å². The van der Waals surface area contributed by atoms with Crippen molar-refractivity contribution in [3.63, 3.8) is 0 Å². The highest BCUT2D eigenvalue weighted by Crippen LogP contribution is 2.21. The van der Waals surface area contributed by atoms with E-state index in [2.05, 4.69) is 5.32 Å². The number of aliphatic hydroxyl groups is 1. The zero-order valence-electron chi connectivity index (χ0n) is 7.59. The summed E-state index contributed by atoms with van der Waals surface area (Å²) in [7, 11) is 0. The van der Waals surface area contributed by atoms with Crippen LogP contribution in [0.25, 0.3) is 0 Å². The Kier molecular flexibility index (Phi) is 3.58. The zero-order valence-corrected chi connectivity index (χ0v) is 7.59. The van der Waals surface area contributed by atoms with Gasteiger partial charge in [-0.05, 0) is 13.3 Å². The summed E-state index contributed by atoms with van der Waals surface area (Å²) < 4.78 is 29.6. The lowest BCUT2D eigenvalue weighted by molar-refractivity contribution is -0.0992. The normalized spacial score (nSPS) is 28.8. The molecule has 0 aromatic rings. The number of morpholine rings is 1. The molecule has 0 bridgehead atoms. The number of nitrogens with one attached hydrogen (secondary N) is 1. The summed E-state index contributed by atoms with van der Waals surface area (Å²) in [6.07, 6.45) is -2.69. The Labute approximate surface area is 76.1 Å². The molecule has 5 heteroatoms. The lowest BCUT2D eigenvalue weighted by Gasteiger charge is -2.30. The highest BCUT2D eigenvalue weighted by molar-refractivity contribution is 4.83. The Hall–Kier alpha value is -0.260. The number of hydrogen-bond acceptors (Lipinski definition) is 3. The van der Waals surface area contributed by atoms with Crippen LogP contribution in [0.4, 0.5) is 8.78 Å². The van der Waals surface area contributed by atoms with Crippen molar-refractivity contribution in [2.75, 3.05) is 19.8 Å². The molecule has 13 heavy (non-hydrogen) atoms. The van der Waals surface area contributed by atoms with Crippen molar-refractivity contribution in [3.8, 4) is 0 Å². The molecule has 0 aromatic carbocycles. The van der Waals surface area contributed by atoms with Crippen LogP contribution in [0.15, 0.2) is 0 Å². The summed E-state index contributed by atoms with van der Waals surface area (Å²) in [6.45, 7) is 2.80. The van der Waals surface area contributed by atoms with Gasteiger partial charge in [-0.2, -0.15) is 0 Å². The molecule has 3 nitrogen and oxygen atoms in total. The summed E-state index contributed by atoms with van der Waals surface area (Å²) in [5.74, 6) is 0. The summed E-state index contributed by atoms with van der Waals surface area (Å²) in [4.78, 5) is 0. The third-order valence-corrected chi connectivity index (χ3v) is 2.13. The second kappa shape index (κ2) is 4.30. The Morgan fingerprint density at radius 1 is 1.69 bits per heavy atom. The van der Waals surface area contributed by atoms with Gasteiger partial charge in [0.15, 0.2) is 0 Å². The van der Waals surface area contributed by atoms with Gasteiger partial charge < -0.3 is 15.2 Å². The highest BCUT2D eigenvalue weighted by Gasteiger charge is 2.35.